The van der Waals surface area contributed by atoms with E-state index in [9.17, 15) is 4.79 Å². The van der Waals surface area contributed by atoms with Gasteiger partial charge in [0, 0.05) is 37.3 Å². The Bertz CT molecular complexity index is 962. The molecule has 152 valence electrons. The van der Waals surface area contributed by atoms with Crippen molar-refractivity contribution in [3.8, 4) is 5.75 Å². The van der Waals surface area contributed by atoms with Crippen molar-refractivity contribution in [3.63, 3.8) is 0 Å². The van der Waals surface area contributed by atoms with Gasteiger partial charge in [-0.15, -0.1) is 0 Å². The van der Waals surface area contributed by atoms with E-state index in [4.69, 9.17) is 9.15 Å². The number of carbonyl (C=O) groups is 1. The highest BCUT2D eigenvalue weighted by molar-refractivity contribution is 5.84. The normalized spacial score (nSPS) is 15.4. The Labute approximate surface area is 171 Å². The summed E-state index contributed by atoms with van der Waals surface area (Å²) in [7, 11) is 0. The van der Waals surface area contributed by atoms with E-state index >= 15 is 0 Å². The smallest absolute Gasteiger partial charge is 0.318 e. The summed E-state index contributed by atoms with van der Waals surface area (Å²) in [5, 5.41) is 4.04. The molecule has 3 aromatic rings. The fourth-order valence-corrected chi connectivity index (χ4v) is 3.69. The van der Waals surface area contributed by atoms with E-state index < -0.39 is 0 Å². The molecule has 29 heavy (non-hydrogen) atoms. The van der Waals surface area contributed by atoms with Crippen LogP contribution in [0.3, 0.4) is 0 Å². The first-order valence-electron chi connectivity index (χ1n) is 10.2. The number of carbonyl (C=O) groups excluding carboxylic acids is 1. The van der Waals surface area contributed by atoms with Crippen LogP contribution in [-0.2, 0) is 0 Å². The van der Waals surface area contributed by atoms with Crippen LogP contribution in [0.5, 0.6) is 5.75 Å². The van der Waals surface area contributed by atoms with Crippen LogP contribution in [0.1, 0.15) is 25.6 Å². The minimum atomic E-state index is -0.225. The summed E-state index contributed by atoms with van der Waals surface area (Å²) >= 11 is 0. The van der Waals surface area contributed by atoms with Crippen molar-refractivity contribution in [1.29, 1.82) is 0 Å². The van der Waals surface area contributed by atoms with Crippen molar-refractivity contribution in [2.75, 3.05) is 37.7 Å². The lowest BCUT2D eigenvalue weighted by atomic mass is 10.2. The summed E-state index contributed by atoms with van der Waals surface area (Å²) in [4.78, 5) is 16.9. The lowest BCUT2D eigenvalue weighted by molar-refractivity contribution is 0.189. The molecule has 1 unspecified atom stereocenters. The molecule has 0 spiro atoms. The molecule has 1 atom stereocenters. The van der Waals surface area contributed by atoms with Crippen molar-refractivity contribution in [2.24, 2.45) is 0 Å². The van der Waals surface area contributed by atoms with Crippen molar-refractivity contribution in [3.05, 3.63) is 60.4 Å². The van der Waals surface area contributed by atoms with Gasteiger partial charge in [0.15, 0.2) is 11.3 Å². The average molecular weight is 393 g/mol. The van der Waals surface area contributed by atoms with E-state index in [0.29, 0.717) is 19.7 Å². The molecule has 0 aliphatic carbocycles. The third-order valence-corrected chi connectivity index (χ3v) is 5.28. The predicted octanol–water partition coefficient (Wildman–Crippen LogP) is 4.42. The molecule has 2 amide bonds. The Balaban J connectivity index is 1.37. The number of hydrogen-bond donors (Lipinski definition) is 1. The lowest BCUT2D eigenvalue weighted by Gasteiger charge is -2.36. The van der Waals surface area contributed by atoms with Crippen LogP contribution in [0.4, 0.5) is 10.5 Å². The number of anilines is 1. The van der Waals surface area contributed by atoms with Gasteiger partial charge in [-0.3, -0.25) is 0 Å². The van der Waals surface area contributed by atoms with Gasteiger partial charge < -0.3 is 24.3 Å². The maximum Gasteiger partial charge on any atom is 0.318 e. The molecule has 1 aromatic heterocycles. The zero-order valence-electron chi connectivity index (χ0n) is 16.9. The Kier molecular flexibility index (Phi) is 5.60. The number of rotatable bonds is 5. The Morgan fingerprint density at radius 3 is 2.59 bits per heavy atom. The molecule has 2 heterocycles. The summed E-state index contributed by atoms with van der Waals surface area (Å²) in [5.41, 5.74) is 1.93. The van der Waals surface area contributed by atoms with Gasteiger partial charge in [0.2, 0.25) is 0 Å². The number of urea groups is 1. The number of fused-ring (bicyclic) bond motifs is 1. The molecule has 6 nitrogen and oxygen atoms in total. The highest BCUT2D eigenvalue weighted by atomic mass is 16.5. The van der Waals surface area contributed by atoms with Crippen LogP contribution in [-0.4, -0.2) is 43.7 Å². The SMILES string of the molecule is CCOc1cccc2cc(C(C)NC(=O)N3CCN(c4ccccc4)CC3)oc12. The van der Waals surface area contributed by atoms with E-state index in [1.165, 1.54) is 5.69 Å². The summed E-state index contributed by atoms with van der Waals surface area (Å²) in [6.07, 6.45) is 0. The van der Waals surface area contributed by atoms with E-state index in [2.05, 4.69) is 22.3 Å². The molecule has 1 aliphatic heterocycles. The number of furan rings is 1. The van der Waals surface area contributed by atoms with Gasteiger partial charge in [0.1, 0.15) is 5.76 Å². The maximum absolute atomic E-state index is 12.7. The number of amides is 2. The fraction of sp³-hybridized carbons (Fsp3) is 0.348. The molecule has 0 bridgehead atoms. The minimum absolute atomic E-state index is 0.0595. The molecule has 1 fully saturated rings. The minimum Gasteiger partial charge on any atom is -0.490 e. The number of benzene rings is 2. The van der Waals surface area contributed by atoms with Gasteiger partial charge >= 0.3 is 6.03 Å². The number of hydrogen-bond acceptors (Lipinski definition) is 4. The first-order valence-corrected chi connectivity index (χ1v) is 10.2. The molecular weight excluding hydrogens is 366 g/mol. The molecular formula is C23H27N3O3. The lowest BCUT2D eigenvalue weighted by Crippen LogP contribution is -2.52. The molecule has 4 rings (SSSR count). The zero-order chi connectivity index (χ0) is 20.2. The molecule has 0 saturated carbocycles. The second kappa shape index (κ2) is 8.47. The highest BCUT2D eigenvalue weighted by Gasteiger charge is 2.23. The Morgan fingerprint density at radius 1 is 1.10 bits per heavy atom. The third kappa shape index (κ3) is 4.16. The second-order valence-electron chi connectivity index (χ2n) is 7.24. The zero-order valence-corrected chi connectivity index (χ0v) is 16.9. The van der Waals surface area contributed by atoms with E-state index in [0.717, 1.165) is 35.6 Å². The quantitative estimate of drug-likeness (QED) is 0.697. The molecule has 1 N–H and O–H groups in total. The Morgan fingerprint density at radius 2 is 1.86 bits per heavy atom. The Hall–Kier alpha value is -3.15. The molecule has 1 saturated heterocycles. The van der Waals surface area contributed by atoms with Crippen molar-refractivity contribution in [2.45, 2.75) is 19.9 Å². The number of nitrogens with one attached hydrogen (secondary N) is 1. The summed E-state index contributed by atoms with van der Waals surface area (Å²) in [6, 6.07) is 17.8. The molecule has 0 radical (unpaired) electrons. The van der Waals surface area contributed by atoms with Crippen molar-refractivity contribution < 1.29 is 13.9 Å². The van der Waals surface area contributed by atoms with E-state index in [1.54, 1.807) is 0 Å². The first-order chi connectivity index (χ1) is 14.2. The van der Waals surface area contributed by atoms with Gasteiger partial charge in [-0.05, 0) is 38.1 Å². The average Bonchev–Trinajstić information content (AvgIpc) is 3.20. The number of para-hydroxylation sites is 2. The van der Waals surface area contributed by atoms with Crippen LogP contribution in [0.2, 0.25) is 0 Å². The van der Waals surface area contributed by atoms with Crippen LogP contribution < -0.4 is 15.0 Å². The predicted molar refractivity (Wildman–Crippen MR) is 115 cm³/mol. The van der Waals surface area contributed by atoms with Gasteiger partial charge in [0.25, 0.3) is 0 Å². The summed E-state index contributed by atoms with van der Waals surface area (Å²) in [5.74, 6) is 1.45. The largest absolute Gasteiger partial charge is 0.490 e. The van der Waals surface area contributed by atoms with Crippen LogP contribution in [0, 0.1) is 0 Å². The standard InChI is InChI=1S/C23H27N3O3/c1-3-28-20-11-7-8-18-16-21(29-22(18)20)17(2)24-23(27)26-14-12-25(13-15-26)19-9-5-4-6-10-19/h4-11,16-17H,3,12-15H2,1-2H3,(H,24,27). The first kappa shape index (κ1) is 19.2. The van der Waals surface area contributed by atoms with Gasteiger partial charge in [-0.2, -0.15) is 0 Å². The van der Waals surface area contributed by atoms with Crippen molar-refractivity contribution in [1.82, 2.24) is 10.2 Å². The highest BCUT2D eigenvalue weighted by Crippen LogP contribution is 2.31. The van der Waals surface area contributed by atoms with Gasteiger partial charge in [0.05, 0.1) is 12.6 Å². The maximum atomic E-state index is 12.7. The second-order valence-corrected chi connectivity index (χ2v) is 7.24. The monoisotopic (exact) mass is 393 g/mol. The summed E-state index contributed by atoms with van der Waals surface area (Å²) < 4.78 is 11.7. The van der Waals surface area contributed by atoms with E-state index in [-0.39, 0.29) is 12.1 Å². The van der Waals surface area contributed by atoms with Gasteiger partial charge in [-0.1, -0.05) is 30.3 Å². The van der Waals surface area contributed by atoms with Crippen LogP contribution in [0.25, 0.3) is 11.0 Å². The van der Waals surface area contributed by atoms with Gasteiger partial charge in [-0.25, -0.2) is 4.79 Å². The fourth-order valence-electron chi connectivity index (χ4n) is 3.69. The van der Waals surface area contributed by atoms with Crippen molar-refractivity contribution >= 4 is 22.7 Å². The van der Waals surface area contributed by atoms with Crippen LogP contribution in [0.15, 0.2) is 59.0 Å². The summed E-state index contributed by atoms with van der Waals surface area (Å²) in [6.45, 7) is 7.52. The molecule has 2 aromatic carbocycles. The molecule has 6 heteroatoms. The van der Waals surface area contributed by atoms with Crippen LogP contribution >= 0.6 is 0 Å². The molecule has 1 aliphatic rings. The number of nitrogens with zero attached hydrogens (tertiary/aromatic N) is 2. The number of ether oxygens (including phenoxy) is 1. The van der Waals surface area contributed by atoms with E-state index in [1.807, 2.05) is 61.2 Å². The third-order valence-electron chi connectivity index (χ3n) is 5.28. The topological polar surface area (TPSA) is 58.0 Å². The number of piperazine rings is 1.